The Morgan fingerprint density at radius 3 is 2.21 bits per heavy atom. The molecule has 0 bridgehead atoms. The van der Waals surface area contributed by atoms with Crippen molar-refractivity contribution < 1.29 is 22.7 Å². The number of benzene rings is 3. The van der Waals surface area contributed by atoms with Crippen molar-refractivity contribution in [1.29, 1.82) is 0 Å². The molecular weight excluding hydrogens is 568 g/mol. The normalized spacial score (nSPS) is 11.6. The monoisotopic (exact) mass is 606 g/mol. The third kappa shape index (κ3) is 7.63. The number of fused-ring (bicyclic) bond motifs is 1. The number of hydrogen-bond donors (Lipinski definition) is 3. The van der Waals surface area contributed by atoms with Gasteiger partial charge in [0.2, 0.25) is 21.9 Å². The predicted octanol–water partition coefficient (Wildman–Crippen LogP) is 6.59. The molecule has 4 aromatic rings. The number of aromatic nitrogens is 2. The second-order valence-corrected chi connectivity index (χ2v) is 12.7. The molecule has 1 heterocycles. The number of amides is 2. The lowest BCUT2D eigenvalue weighted by atomic mass is 9.86. The molecule has 0 aliphatic rings. The summed E-state index contributed by atoms with van der Waals surface area (Å²) in [6, 6.07) is 15.7. The Bertz CT molecular complexity index is 1730. The molecule has 11 nitrogen and oxygen atoms in total. The maximum atomic E-state index is 13.3. The minimum atomic E-state index is -3.61. The van der Waals surface area contributed by atoms with E-state index in [1.54, 1.807) is 36.5 Å². The lowest BCUT2D eigenvalue weighted by Gasteiger charge is -2.24. The van der Waals surface area contributed by atoms with Crippen molar-refractivity contribution in [2.75, 3.05) is 46.7 Å². The highest BCUT2D eigenvalue weighted by atomic mass is 32.2. The molecule has 0 aliphatic carbocycles. The van der Waals surface area contributed by atoms with E-state index in [-0.39, 0.29) is 16.9 Å². The number of nitrogens with one attached hydrogen (secondary N) is 3. The first-order valence-corrected chi connectivity index (χ1v) is 15.8. The number of rotatable bonds is 10. The summed E-state index contributed by atoms with van der Waals surface area (Å²) in [4.78, 5) is 24.3. The number of urea groups is 1. The van der Waals surface area contributed by atoms with Gasteiger partial charge in [-0.1, -0.05) is 45.0 Å². The van der Waals surface area contributed by atoms with Crippen LogP contribution in [0.5, 0.6) is 17.4 Å². The van der Waals surface area contributed by atoms with E-state index in [0.29, 0.717) is 29.0 Å². The van der Waals surface area contributed by atoms with Gasteiger partial charge in [-0.15, -0.1) is 0 Å². The molecule has 3 N–H and O–H groups in total. The standard InChI is InChI=1S/C31H38N6O5S/c1-8-37(9-2)29-32-17-16-27(35-29)42-26-15-14-23(21-12-10-11-13-22(21)26)33-30(38)34-24-18-20(31(3,4)5)19-25(28(24)41-6)36-43(7,39)40/h10-19,36H,8-9H2,1-7H3,(H2,33,34,38). The zero-order valence-electron chi connectivity index (χ0n) is 25.5. The molecule has 0 unspecified atom stereocenters. The number of hydrogen-bond acceptors (Lipinski definition) is 8. The maximum absolute atomic E-state index is 13.3. The molecule has 0 saturated carbocycles. The topological polar surface area (TPSA) is 135 Å². The smallest absolute Gasteiger partial charge is 0.323 e. The van der Waals surface area contributed by atoms with Gasteiger partial charge in [0, 0.05) is 36.1 Å². The summed E-state index contributed by atoms with van der Waals surface area (Å²) in [5.41, 5.74) is 1.56. The Morgan fingerprint density at radius 1 is 0.930 bits per heavy atom. The molecule has 228 valence electrons. The fraction of sp³-hybridized carbons (Fsp3) is 0.323. The molecule has 4 rings (SSSR count). The zero-order valence-corrected chi connectivity index (χ0v) is 26.3. The first-order chi connectivity index (χ1) is 20.3. The fourth-order valence-electron chi connectivity index (χ4n) is 4.56. The summed E-state index contributed by atoms with van der Waals surface area (Å²) in [6.45, 7) is 11.6. The van der Waals surface area contributed by atoms with Gasteiger partial charge >= 0.3 is 6.03 Å². The van der Waals surface area contributed by atoms with Crippen LogP contribution < -0.4 is 29.7 Å². The van der Waals surface area contributed by atoms with Gasteiger partial charge in [-0.05, 0) is 49.1 Å². The van der Waals surface area contributed by atoms with Gasteiger partial charge in [0.15, 0.2) is 5.75 Å². The number of ether oxygens (including phenoxy) is 2. The maximum Gasteiger partial charge on any atom is 0.323 e. The van der Waals surface area contributed by atoms with Crippen molar-refractivity contribution in [3.8, 4) is 17.4 Å². The molecule has 43 heavy (non-hydrogen) atoms. The van der Waals surface area contributed by atoms with Crippen molar-refractivity contribution in [1.82, 2.24) is 9.97 Å². The van der Waals surface area contributed by atoms with E-state index < -0.39 is 16.1 Å². The van der Waals surface area contributed by atoms with Gasteiger partial charge in [-0.2, -0.15) is 4.98 Å². The Balaban J connectivity index is 1.64. The van der Waals surface area contributed by atoms with Crippen molar-refractivity contribution >= 4 is 49.8 Å². The van der Waals surface area contributed by atoms with Gasteiger partial charge in [0.25, 0.3) is 0 Å². The summed E-state index contributed by atoms with van der Waals surface area (Å²) in [5, 5.41) is 7.27. The number of sulfonamides is 1. The number of anilines is 4. The highest BCUT2D eigenvalue weighted by molar-refractivity contribution is 7.92. The predicted molar refractivity (Wildman–Crippen MR) is 172 cm³/mol. The molecule has 3 aromatic carbocycles. The lowest BCUT2D eigenvalue weighted by Crippen LogP contribution is -2.24. The number of carbonyl (C=O) groups excluding carboxylic acids is 1. The molecule has 0 aliphatic heterocycles. The number of methoxy groups -OCH3 is 1. The first-order valence-electron chi connectivity index (χ1n) is 13.9. The van der Waals surface area contributed by atoms with Crippen LogP contribution in [0.3, 0.4) is 0 Å². The van der Waals surface area contributed by atoms with Crippen LogP contribution in [-0.2, 0) is 15.4 Å². The molecule has 0 radical (unpaired) electrons. The van der Waals surface area contributed by atoms with Crippen molar-refractivity contribution in [2.24, 2.45) is 0 Å². The van der Waals surface area contributed by atoms with E-state index in [2.05, 4.69) is 25.3 Å². The highest BCUT2D eigenvalue weighted by Crippen LogP contribution is 2.39. The molecule has 0 atom stereocenters. The summed E-state index contributed by atoms with van der Waals surface area (Å²) in [7, 11) is -2.19. The minimum absolute atomic E-state index is 0.191. The van der Waals surface area contributed by atoms with Crippen molar-refractivity contribution in [3.05, 3.63) is 66.4 Å². The average Bonchev–Trinajstić information content (AvgIpc) is 2.94. The molecule has 0 spiro atoms. The molecule has 12 heteroatoms. The fourth-order valence-corrected chi connectivity index (χ4v) is 5.11. The van der Waals surface area contributed by atoms with Crippen LogP contribution in [0.25, 0.3) is 10.8 Å². The first kappa shape index (κ1) is 31.4. The van der Waals surface area contributed by atoms with E-state index in [4.69, 9.17) is 9.47 Å². The van der Waals surface area contributed by atoms with Crippen LogP contribution in [-0.4, -0.2) is 50.9 Å². The Labute approximate surface area is 252 Å². The number of nitrogens with zero attached hydrogens (tertiary/aromatic N) is 3. The zero-order chi connectivity index (χ0) is 31.4. The van der Waals surface area contributed by atoms with Crippen LogP contribution in [0.4, 0.5) is 27.8 Å². The molecular formula is C31H38N6O5S. The van der Waals surface area contributed by atoms with Crippen molar-refractivity contribution in [3.63, 3.8) is 0 Å². The van der Waals surface area contributed by atoms with Gasteiger partial charge < -0.3 is 25.0 Å². The van der Waals surface area contributed by atoms with Crippen LogP contribution in [0, 0.1) is 0 Å². The van der Waals surface area contributed by atoms with E-state index in [1.165, 1.54) is 7.11 Å². The lowest BCUT2D eigenvalue weighted by molar-refractivity contribution is 0.262. The van der Waals surface area contributed by atoms with Crippen LogP contribution in [0.2, 0.25) is 0 Å². The minimum Gasteiger partial charge on any atom is -0.492 e. The van der Waals surface area contributed by atoms with Crippen LogP contribution >= 0.6 is 0 Å². The molecule has 1 aromatic heterocycles. The van der Waals surface area contributed by atoms with Gasteiger partial charge in [-0.3, -0.25) is 4.72 Å². The average molecular weight is 607 g/mol. The van der Waals surface area contributed by atoms with E-state index >= 15 is 0 Å². The largest absolute Gasteiger partial charge is 0.492 e. The summed E-state index contributed by atoms with van der Waals surface area (Å²) in [6.07, 6.45) is 2.72. The van der Waals surface area contributed by atoms with E-state index in [1.807, 2.05) is 63.8 Å². The van der Waals surface area contributed by atoms with Gasteiger partial charge in [0.1, 0.15) is 5.75 Å². The summed E-state index contributed by atoms with van der Waals surface area (Å²) in [5.74, 6) is 1.75. The van der Waals surface area contributed by atoms with E-state index in [0.717, 1.165) is 35.7 Å². The molecule has 0 fully saturated rings. The van der Waals surface area contributed by atoms with E-state index in [9.17, 15) is 13.2 Å². The third-order valence-corrected chi connectivity index (χ3v) is 7.30. The van der Waals surface area contributed by atoms with Crippen LogP contribution in [0.15, 0.2) is 60.8 Å². The quantitative estimate of drug-likeness (QED) is 0.184. The molecule has 2 amide bonds. The van der Waals surface area contributed by atoms with Gasteiger partial charge in [0.05, 0.1) is 30.4 Å². The van der Waals surface area contributed by atoms with Crippen LogP contribution in [0.1, 0.15) is 40.2 Å². The number of carbonyl (C=O) groups is 1. The summed E-state index contributed by atoms with van der Waals surface area (Å²) >= 11 is 0. The Morgan fingerprint density at radius 2 is 1.58 bits per heavy atom. The molecule has 0 saturated heterocycles. The second kappa shape index (κ2) is 12.7. The second-order valence-electron chi connectivity index (χ2n) is 10.9. The highest BCUT2D eigenvalue weighted by Gasteiger charge is 2.22. The third-order valence-electron chi connectivity index (χ3n) is 6.71. The SMILES string of the molecule is CCN(CC)c1nccc(Oc2ccc(NC(=O)Nc3cc(C(C)(C)C)cc(NS(C)(=O)=O)c3OC)c3ccccc23)n1. The van der Waals surface area contributed by atoms with Gasteiger partial charge in [-0.25, -0.2) is 18.2 Å². The summed E-state index contributed by atoms with van der Waals surface area (Å²) < 4.78 is 38.3. The van der Waals surface area contributed by atoms with Crippen molar-refractivity contribution in [2.45, 2.75) is 40.0 Å². The Hall–Kier alpha value is -4.58. The Kier molecular flexibility index (Phi) is 9.29.